The van der Waals surface area contributed by atoms with Crippen molar-refractivity contribution < 1.29 is 71.9 Å². The normalized spacial score (nSPS) is 18.8. The van der Waals surface area contributed by atoms with Crippen molar-refractivity contribution in [1.82, 2.24) is 46.1 Å². The van der Waals surface area contributed by atoms with Crippen molar-refractivity contribution >= 4 is 82.3 Å². The van der Waals surface area contributed by atoms with E-state index in [1.54, 1.807) is 60.0 Å². The van der Waals surface area contributed by atoms with Gasteiger partial charge < -0.3 is 70.1 Å². The van der Waals surface area contributed by atoms with Crippen LogP contribution in [0, 0.1) is 16.7 Å². The van der Waals surface area contributed by atoms with E-state index in [0.717, 1.165) is 65.9 Å². The van der Waals surface area contributed by atoms with Crippen LogP contribution < -0.4 is 55.3 Å². The molecule has 6 heterocycles. The molecule has 6 aromatic rings. The van der Waals surface area contributed by atoms with Crippen LogP contribution in [0.3, 0.4) is 0 Å². The first-order chi connectivity index (χ1) is 49.5. The van der Waals surface area contributed by atoms with E-state index < -0.39 is 79.0 Å². The van der Waals surface area contributed by atoms with E-state index in [2.05, 4.69) is 36.9 Å². The summed E-state index contributed by atoms with van der Waals surface area (Å²) in [5.74, 6) is -3.20. The van der Waals surface area contributed by atoms with Gasteiger partial charge in [-0.2, -0.15) is 0 Å². The van der Waals surface area contributed by atoms with E-state index in [1.165, 1.54) is 33.3 Å². The molecule has 7 aliphatic rings. The van der Waals surface area contributed by atoms with Gasteiger partial charge in [0.15, 0.2) is 29.2 Å². The summed E-state index contributed by atoms with van der Waals surface area (Å²) in [5.41, 5.74) is 6.66. The van der Waals surface area contributed by atoms with Crippen LogP contribution in [-0.2, 0) is 46.7 Å². The average Bonchev–Trinajstić information content (AvgIpc) is 1.59. The number of aliphatic hydroxyl groups is 1. The maximum absolute atomic E-state index is 14.5. The summed E-state index contributed by atoms with van der Waals surface area (Å²) in [7, 11) is 2.95. The molecule has 28 heteroatoms. The Kier molecular flexibility index (Phi) is 20.0. The number of nitrogens with zero attached hydrogens (tertiary/aromatic N) is 8. The first kappa shape index (κ1) is 70.5. The number of aromatic nitrogens is 3. The molecule has 2 saturated carbocycles. The lowest BCUT2D eigenvalue weighted by Gasteiger charge is -2.31. The first-order valence-corrected chi connectivity index (χ1v) is 35.0. The fourth-order valence-corrected chi connectivity index (χ4v) is 14.3. The van der Waals surface area contributed by atoms with Crippen LogP contribution in [0.25, 0.3) is 22.5 Å². The zero-order chi connectivity index (χ0) is 72.6. The summed E-state index contributed by atoms with van der Waals surface area (Å²) in [5, 5.41) is 34.2. The minimum absolute atomic E-state index is 0.0270. The molecule has 2 spiro atoms. The standard InChI is InChI=1S/C75H85N13O15/c1-42(2)65(81-63(91)37-78-62(90)36-77-61(89)21-22-64(92)84-38-46-13-8-9-14-49(46)66-67(88(43(3)4)83-82-66)50-15-10-11-16-54(50)84)69(94)79-44(5)68(93)80-47-19-17-45(18-20-47)39-103-73(98)87-55-32-60(58(100-7)30-52(55)71(96)86-41-75(25-26-75)34-56(86)72(87)97)102-28-12-27-101-59-31-53-51(29-57(59)99-6)70(95)85-40-74(23-24-74)33-48(85)35-76-53/h8-11,13-20,29-32,35,42-44,48,56,65,72,97H,12,21-28,33-34,36-41H2,1-7H3,(H,77,89)(H,78,90)(H,79,94)(H,80,93)(H,81,91)/t44-,48-,56-,65-,72?/m0/s1. The van der Waals surface area contributed by atoms with Gasteiger partial charge in [-0.3, -0.25) is 43.3 Å². The summed E-state index contributed by atoms with van der Waals surface area (Å²) in [6.07, 6.45) is 4.84. The SMILES string of the molecule is COc1cc2c(cc1OCCCOc1cc3c(cc1OC)C(=O)N1CC4(CC4)C[C@H]1C(O)N3C(=O)OCc1ccc(NC(=O)[C@H](C)NC(=O)[C@@H](NC(=O)CNC(=O)CNC(=O)CCC(=O)N3Cc4ccccc4-c4nnn(C(C)C)c4-c4ccccc43)C(C)C)cc1)N=C[C@@H]1CC3(CC3)CN1C2=O. The molecule has 5 aliphatic heterocycles. The number of amides is 9. The third-order valence-electron chi connectivity index (χ3n) is 20.4. The molecular weight excluding hydrogens is 1320 g/mol. The minimum Gasteiger partial charge on any atom is -0.493 e. The number of rotatable bonds is 24. The predicted octanol–water partition coefficient (Wildman–Crippen LogP) is 7.38. The highest BCUT2D eigenvalue weighted by Gasteiger charge is 2.58. The molecule has 0 radical (unpaired) electrons. The summed E-state index contributed by atoms with van der Waals surface area (Å²) >= 11 is 0. The van der Waals surface area contributed by atoms with Gasteiger partial charge in [0.05, 0.1) is 93.0 Å². The van der Waals surface area contributed by atoms with E-state index in [0.29, 0.717) is 64.8 Å². The van der Waals surface area contributed by atoms with E-state index in [1.807, 2.05) is 78.2 Å². The lowest BCUT2D eigenvalue weighted by molar-refractivity contribution is -0.132. The molecule has 103 heavy (non-hydrogen) atoms. The number of anilines is 3. The lowest BCUT2D eigenvalue weighted by atomic mass is 9.95. The lowest BCUT2D eigenvalue weighted by Crippen LogP contribution is -2.55. The largest absolute Gasteiger partial charge is 0.493 e. The Bertz CT molecular complexity index is 4370. The van der Waals surface area contributed by atoms with Crippen LogP contribution >= 0.6 is 0 Å². The Balaban J connectivity index is 0.568. The third-order valence-corrected chi connectivity index (χ3v) is 20.4. The van der Waals surface area contributed by atoms with E-state index >= 15 is 0 Å². The predicted molar refractivity (Wildman–Crippen MR) is 378 cm³/mol. The number of hydrogen-bond acceptors (Lipinski definition) is 18. The van der Waals surface area contributed by atoms with Crippen molar-refractivity contribution in [2.45, 2.75) is 142 Å². The number of methoxy groups -OCH3 is 2. The van der Waals surface area contributed by atoms with Crippen molar-refractivity contribution in [1.29, 1.82) is 0 Å². The number of aliphatic imine (C=N–C) groups is 1. The van der Waals surface area contributed by atoms with Gasteiger partial charge in [-0.05, 0) is 118 Å². The molecule has 28 nitrogen and oxygen atoms in total. The van der Waals surface area contributed by atoms with Gasteiger partial charge in [-0.15, -0.1) is 5.10 Å². The van der Waals surface area contributed by atoms with Crippen LogP contribution in [0.15, 0.2) is 102 Å². The number of ether oxygens (including phenoxy) is 5. The number of aliphatic hydroxyl groups excluding tert-OH is 1. The molecule has 2 aliphatic carbocycles. The van der Waals surface area contributed by atoms with Gasteiger partial charge in [0.1, 0.15) is 24.4 Å². The maximum atomic E-state index is 14.5. The molecule has 4 fully saturated rings. The van der Waals surface area contributed by atoms with Gasteiger partial charge in [0.25, 0.3) is 11.8 Å². The van der Waals surface area contributed by atoms with E-state index in [4.69, 9.17) is 28.7 Å². The van der Waals surface area contributed by atoms with Crippen molar-refractivity contribution in [2.75, 3.05) is 68.7 Å². The van der Waals surface area contributed by atoms with Gasteiger partial charge in [0.2, 0.25) is 35.4 Å². The number of nitrogens with one attached hydrogen (secondary N) is 5. The molecule has 13 rings (SSSR count). The second-order valence-corrected chi connectivity index (χ2v) is 28.4. The van der Waals surface area contributed by atoms with Gasteiger partial charge >= 0.3 is 6.09 Å². The second-order valence-electron chi connectivity index (χ2n) is 28.4. The van der Waals surface area contributed by atoms with Crippen LogP contribution in [0.4, 0.5) is 27.5 Å². The Morgan fingerprint density at radius 1 is 0.660 bits per heavy atom. The number of benzene rings is 5. The Labute approximate surface area is 595 Å². The molecule has 5 aromatic carbocycles. The smallest absolute Gasteiger partial charge is 0.416 e. The zero-order valence-corrected chi connectivity index (χ0v) is 58.6. The molecule has 1 unspecified atom stereocenters. The summed E-state index contributed by atoms with van der Waals surface area (Å²) in [6, 6.07) is 25.0. The average molecular weight is 1410 g/mol. The molecule has 1 aromatic heterocycles. The first-order valence-electron chi connectivity index (χ1n) is 35.0. The Hall–Kier alpha value is -10.9. The highest BCUT2D eigenvalue weighted by atomic mass is 16.6. The van der Waals surface area contributed by atoms with Gasteiger partial charge in [-0.1, -0.05) is 73.7 Å². The quantitative estimate of drug-likeness (QED) is 0.0322. The monoisotopic (exact) mass is 1410 g/mol. The van der Waals surface area contributed by atoms with Crippen molar-refractivity contribution in [3.63, 3.8) is 0 Å². The van der Waals surface area contributed by atoms with Gasteiger partial charge in [-0.25, -0.2) is 14.4 Å². The number of carbonyl (C=O) groups is 9. The Morgan fingerprint density at radius 2 is 1.30 bits per heavy atom. The molecule has 2 saturated heterocycles. The molecule has 5 atom stereocenters. The Morgan fingerprint density at radius 3 is 2.00 bits per heavy atom. The summed E-state index contributed by atoms with van der Waals surface area (Å²) in [4.78, 5) is 134. The fourth-order valence-electron chi connectivity index (χ4n) is 14.3. The zero-order valence-electron chi connectivity index (χ0n) is 58.6. The van der Waals surface area contributed by atoms with E-state index in [9.17, 15) is 48.3 Å². The van der Waals surface area contributed by atoms with Crippen molar-refractivity contribution in [3.05, 3.63) is 119 Å². The number of carbonyl (C=O) groups excluding carboxylic acids is 9. The van der Waals surface area contributed by atoms with Crippen LogP contribution in [0.5, 0.6) is 23.0 Å². The van der Waals surface area contributed by atoms with Crippen LogP contribution in [-0.4, -0.2) is 173 Å². The number of fused-ring (bicyclic) bond motifs is 9. The maximum Gasteiger partial charge on any atom is 0.416 e. The van der Waals surface area contributed by atoms with Crippen molar-refractivity contribution in [2.24, 2.45) is 21.7 Å². The highest BCUT2D eigenvalue weighted by molar-refractivity contribution is 6.07. The number of para-hydroxylation sites is 1. The molecule has 9 amide bonds. The fraction of sp³-hybridized carbons (Fsp3) is 0.440. The molecule has 6 N–H and O–H groups in total. The number of hydrogen-bond donors (Lipinski definition) is 6. The molecule has 0 bridgehead atoms. The summed E-state index contributed by atoms with van der Waals surface area (Å²) in [6.45, 7) is 9.23. The second kappa shape index (κ2) is 29.2. The topological polar surface area (TPSA) is 336 Å². The van der Waals surface area contributed by atoms with Crippen LogP contribution in [0.2, 0.25) is 0 Å². The van der Waals surface area contributed by atoms with E-state index in [-0.39, 0.29) is 103 Å². The van der Waals surface area contributed by atoms with Crippen molar-refractivity contribution in [3.8, 4) is 45.5 Å². The molecular formula is C75H85N13O15. The third kappa shape index (κ3) is 14.8. The van der Waals surface area contributed by atoms with Gasteiger partial charge in [0, 0.05) is 73.6 Å². The molecule has 540 valence electrons. The minimum atomic E-state index is -1.49. The summed E-state index contributed by atoms with van der Waals surface area (Å²) < 4.78 is 31.6. The van der Waals surface area contributed by atoms with Crippen LogP contribution in [0.1, 0.15) is 130 Å². The highest BCUT2D eigenvalue weighted by Crippen LogP contribution is 2.58.